The maximum Gasteiger partial charge on any atom is 0.283 e. The summed E-state index contributed by atoms with van der Waals surface area (Å²) in [6.07, 6.45) is 3.45. The van der Waals surface area contributed by atoms with Crippen LogP contribution in [0.3, 0.4) is 0 Å². The fraction of sp³-hybridized carbons (Fsp3) is 0.500. The Labute approximate surface area is 228 Å². The highest BCUT2D eigenvalue weighted by Crippen LogP contribution is 2.55. The van der Waals surface area contributed by atoms with Crippen LogP contribution in [0.4, 0.5) is 8.78 Å². The molecule has 10 nitrogen and oxygen atoms in total. The number of nitrogens with zero attached hydrogens (tertiary/aromatic N) is 2. The summed E-state index contributed by atoms with van der Waals surface area (Å²) >= 11 is 1.16. The third kappa shape index (κ3) is 4.56. The van der Waals surface area contributed by atoms with E-state index >= 15 is 0 Å². The van der Waals surface area contributed by atoms with Crippen molar-refractivity contribution in [2.24, 2.45) is 28.1 Å². The molecule has 0 spiro atoms. The summed E-state index contributed by atoms with van der Waals surface area (Å²) in [7, 11) is -7.86. The lowest BCUT2D eigenvalue weighted by molar-refractivity contribution is -0.134. The van der Waals surface area contributed by atoms with Crippen molar-refractivity contribution in [1.82, 2.24) is 14.9 Å². The van der Waals surface area contributed by atoms with Crippen LogP contribution in [0, 0.1) is 35.3 Å². The molecule has 0 aromatic heterocycles. The van der Waals surface area contributed by atoms with E-state index in [1.54, 1.807) is 0 Å². The van der Waals surface area contributed by atoms with Crippen molar-refractivity contribution in [3.05, 3.63) is 56.7 Å². The molecule has 3 unspecified atom stereocenters. The van der Waals surface area contributed by atoms with Crippen molar-refractivity contribution in [3.63, 3.8) is 0 Å². The molecule has 0 saturated heterocycles. The van der Waals surface area contributed by atoms with Crippen molar-refractivity contribution < 1.29 is 35.5 Å². The molecular formula is C24H26F2N4O6S3. The Kier molecular flexibility index (Phi) is 6.36. The number of amides is 1. The Morgan fingerprint density at radius 3 is 2.72 bits per heavy atom. The van der Waals surface area contributed by atoms with Gasteiger partial charge in [-0.15, -0.1) is 16.2 Å². The van der Waals surface area contributed by atoms with Gasteiger partial charge in [-0.2, -0.15) is 8.42 Å². The molecule has 5 atom stereocenters. The van der Waals surface area contributed by atoms with Crippen LogP contribution < -0.4 is 10.0 Å². The number of aliphatic hydroxyl groups excluding tert-OH is 1. The van der Waals surface area contributed by atoms with E-state index < -0.39 is 55.5 Å². The van der Waals surface area contributed by atoms with Crippen LogP contribution in [0.5, 0.6) is 0 Å². The second-order valence-corrected chi connectivity index (χ2v) is 15.1. The first-order chi connectivity index (χ1) is 18.3. The van der Waals surface area contributed by atoms with Crippen LogP contribution in [0.15, 0.2) is 43.9 Å². The van der Waals surface area contributed by atoms with Gasteiger partial charge < -0.3 is 15.3 Å². The molecule has 2 fully saturated rings. The number of rotatable bonds is 6. The predicted octanol–water partition coefficient (Wildman–Crippen LogP) is 1.95. The molecule has 39 heavy (non-hydrogen) atoms. The SMILES string of the molecule is CS(=O)(=O)NCC1CSC2=C1S(=O)(=O)N=C(C1=C(O)C3C([C@@H]4CC[C@H]3C4)N(Cc3ccc(F)cc3F)C1=O)N2. The number of carbonyl (C=O) groups excluding carboxylic acids is 1. The molecule has 3 aliphatic heterocycles. The fourth-order valence-electron chi connectivity index (χ4n) is 6.64. The van der Waals surface area contributed by atoms with E-state index in [2.05, 4.69) is 14.4 Å². The Morgan fingerprint density at radius 2 is 2.00 bits per heavy atom. The van der Waals surface area contributed by atoms with Crippen LogP contribution >= 0.6 is 11.8 Å². The van der Waals surface area contributed by atoms with Crippen molar-refractivity contribution in [3.8, 4) is 0 Å². The Morgan fingerprint density at radius 1 is 1.26 bits per heavy atom. The molecule has 1 aromatic rings. The minimum atomic E-state index is -4.31. The van der Waals surface area contributed by atoms with Crippen LogP contribution in [-0.4, -0.2) is 63.2 Å². The minimum Gasteiger partial charge on any atom is -0.511 e. The summed E-state index contributed by atoms with van der Waals surface area (Å²) in [5.74, 6) is -3.44. The lowest BCUT2D eigenvalue weighted by atomic mass is 9.77. The van der Waals surface area contributed by atoms with Gasteiger partial charge in [0.15, 0.2) is 5.84 Å². The molecule has 1 aromatic carbocycles. The number of halogens is 2. The van der Waals surface area contributed by atoms with Gasteiger partial charge >= 0.3 is 0 Å². The molecule has 1 amide bonds. The molecule has 2 saturated carbocycles. The second-order valence-electron chi connectivity index (χ2n) is 10.6. The van der Waals surface area contributed by atoms with Crippen LogP contribution in [0.2, 0.25) is 0 Å². The van der Waals surface area contributed by atoms with Gasteiger partial charge in [0.25, 0.3) is 15.9 Å². The van der Waals surface area contributed by atoms with E-state index in [1.165, 1.54) is 11.0 Å². The van der Waals surface area contributed by atoms with Crippen molar-refractivity contribution in [1.29, 1.82) is 0 Å². The Bertz CT molecular complexity index is 1590. The zero-order chi connectivity index (χ0) is 27.9. The van der Waals surface area contributed by atoms with Gasteiger partial charge in [0, 0.05) is 48.3 Å². The third-order valence-corrected chi connectivity index (χ3v) is 11.7. The van der Waals surface area contributed by atoms with Crippen LogP contribution in [0.1, 0.15) is 24.8 Å². The number of aliphatic hydroxyl groups is 1. The Balaban J connectivity index is 1.37. The molecule has 2 bridgehead atoms. The number of amidine groups is 1. The maximum absolute atomic E-state index is 14.6. The number of fused-ring (bicyclic) bond motifs is 5. The molecule has 5 aliphatic rings. The number of hydrogen-bond donors (Lipinski definition) is 3. The van der Waals surface area contributed by atoms with E-state index in [0.29, 0.717) is 0 Å². The Hall–Kier alpha value is -2.49. The molecule has 15 heteroatoms. The largest absolute Gasteiger partial charge is 0.511 e. The van der Waals surface area contributed by atoms with Gasteiger partial charge in [-0.05, 0) is 37.2 Å². The van der Waals surface area contributed by atoms with E-state index in [0.717, 1.165) is 49.4 Å². The number of hydrogen-bond acceptors (Lipinski definition) is 8. The molecule has 0 radical (unpaired) electrons. The number of sulfonamides is 2. The van der Waals surface area contributed by atoms with Gasteiger partial charge in [0.1, 0.15) is 27.9 Å². The van der Waals surface area contributed by atoms with E-state index in [-0.39, 0.29) is 63.3 Å². The number of carbonyl (C=O) groups is 1. The second kappa shape index (κ2) is 9.28. The van der Waals surface area contributed by atoms with Gasteiger partial charge in [0.05, 0.1) is 11.3 Å². The molecule has 6 rings (SSSR count). The lowest BCUT2D eigenvalue weighted by Gasteiger charge is -2.44. The average molecular weight is 601 g/mol. The van der Waals surface area contributed by atoms with Gasteiger partial charge in [-0.3, -0.25) is 4.79 Å². The first kappa shape index (κ1) is 26.7. The van der Waals surface area contributed by atoms with E-state index in [9.17, 15) is 35.5 Å². The summed E-state index contributed by atoms with van der Waals surface area (Å²) in [4.78, 5) is 15.3. The first-order valence-corrected chi connectivity index (χ1v) is 16.8. The van der Waals surface area contributed by atoms with Crippen molar-refractivity contribution in [2.45, 2.75) is 31.8 Å². The topological polar surface area (TPSA) is 145 Å². The quantitative estimate of drug-likeness (QED) is 0.449. The first-order valence-electron chi connectivity index (χ1n) is 12.5. The highest BCUT2D eigenvalue weighted by Gasteiger charge is 2.57. The highest BCUT2D eigenvalue weighted by atomic mass is 32.2. The molecular weight excluding hydrogens is 574 g/mol. The van der Waals surface area contributed by atoms with E-state index in [1.807, 2.05) is 0 Å². The molecule has 210 valence electrons. The van der Waals surface area contributed by atoms with Gasteiger partial charge in [-0.25, -0.2) is 21.9 Å². The zero-order valence-corrected chi connectivity index (χ0v) is 23.2. The summed E-state index contributed by atoms with van der Waals surface area (Å²) in [6.45, 7) is -0.304. The molecule has 3 heterocycles. The fourth-order valence-corrected chi connectivity index (χ4v) is 10.2. The third-order valence-electron chi connectivity index (χ3n) is 8.21. The van der Waals surface area contributed by atoms with Gasteiger partial charge in [-0.1, -0.05) is 6.07 Å². The van der Waals surface area contributed by atoms with E-state index in [4.69, 9.17) is 0 Å². The zero-order valence-electron chi connectivity index (χ0n) is 20.7. The summed E-state index contributed by atoms with van der Waals surface area (Å²) in [5.41, 5.74) is -0.171. The molecule has 3 N–H and O–H groups in total. The normalized spacial score (nSPS) is 31.4. The number of benzene rings is 1. The van der Waals surface area contributed by atoms with Crippen LogP contribution in [-0.2, 0) is 31.4 Å². The summed E-state index contributed by atoms with van der Waals surface area (Å²) in [5, 5.41) is 14.5. The monoisotopic (exact) mass is 600 g/mol. The lowest BCUT2D eigenvalue weighted by Crippen LogP contribution is -2.54. The smallest absolute Gasteiger partial charge is 0.283 e. The highest BCUT2D eigenvalue weighted by molar-refractivity contribution is 8.05. The van der Waals surface area contributed by atoms with Crippen molar-refractivity contribution in [2.75, 3.05) is 18.6 Å². The average Bonchev–Trinajstić information content (AvgIpc) is 3.56. The van der Waals surface area contributed by atoms with Crippen molar-refractivity contribution >= 4 is 43.6 Å². The van der Waals surface area contributed by atoms with Crippen LogP contribution in [0.25, 0.3) is 0 Å². The summed E-state index contributed by atoms with van der Waals surface area (Å²) in [6, 6.07) is 2.73. The minimum absolute atomic E-state index is 0.0706. The number of nitrogens with one attached hydrogen (secondary N) is 2. The number of thioether (sulfide) groups is 1. The predicted molar refractivity (Wildman–Crippen MR) is 140 cm³/mol. The summed E-state index contributed by atoms with van der Waals surface area (Å²) < 4.78 is 84.0. The standard InChI is InChI=1S/C24H26F2N4O6S3/c1-38(33,34)27-8-14-10-37-23-21(14)39(35,36)29-22(28-23)18-20(31)17-11-2-3-12(6-11)19(17)30(24(18)32)9-13-4-5-15(25)7-16(13)26/h4-5,7,11-12,14,17,19,27,31H,2-3,6,8-10H2,1H3,(H,28,29)/t11-,12+,14?,17?,19?/m0/s1. The maximum atomic E-state index is 14.6. The molecule has 2 aliphatic carbocycles. The van der Waals surface area contributed by atoms with Gasteiger partial charge in [0.2, 0.25) is 10.0 Å².